The van der Waals surface area contributed by atoms with Crippen LogP contribution in [0.5, 0.6) is 5.88 Å². The maximum atomic E-state index is 13.9. The SMILES string of the molecule is CCOc1nc(-c2ccc(NS(=O)(=O)c3cc(F)ccc3F)cc2)cc2n[nH]c(C)c12. The number of pyridine rings is 1. The molecule has 0 fully saturated rings. The Morgan fingerprint density at radius 3 is 2.55 bits per heavy atom. The minimum atomic E-state index is -4.30. The van der Waals surface area contributed by atoms with Gasteiger partial charge in [-0.15, -0.1) is 0 Å². The van der Waals surface area contributed by atoms with Gasteiger partial charge in [0, 0.05) is 16.9 Å². The Kier molecular flexibility index (Phi) is 5.32. The Balaban J connectivity index is 1.65. The first-order valence-electron chi connectivity index (χ1n) is 9.35. The molecule has 0 saturated carbocycles. The zero-order valence-corrected chi connectivity index (χ0v) is 17.4. The molecule has 160 valence electrons. The molecule has 2 aromatic carbocycles. The summed E-state index contributed by atoms with van der Waals surface area (Å²) in [5.74, 6) is -1.44. The van der Waals surface area contributed by atoms with Crippen molar-refractivity contribution in [2.24, 2.45) is 0 Å². The molecule has 4 aromatic rings. The largest absolute Gasteiger partial charge is 0.477 e. The summed E-state index contributed by atoms with van der Waals surface area (Å²) in [5, 5.41) is 7.97. The van der Waals surface area contributed by atoms with E-state index in [2.05, 4.69) is 19.9 Å². The van der Waals surface area contributed by atoms with Crippen LogP contribution in [0.25, 0.3) is 22.2 Å². The normalized spacial score (nSPS) is 11.6. The number of aromatic amines is 1. The summed E-state index contributed by atoms with van der Waals surface area (Å²) in [6.45, 7) is 4.17. The van der Waals surface area contributed by atoms with Crippen molar-refractivity contribution in [1.82, 2.24) is 15.2 Å². The van der Waals surface area contributed by atoms with E-state index in [4.69, 9.17) is 4.74 Å². The van der Waals surface area contributed by atoms with Crippen molar-refractivity contribution in [2.75, 3.05) is 11.3 Å². The van der Waals surface area contributed by atoms with Crippen LogP contribution in [0.15, 0.2) is 53.4 Å². The number of fused-ring (bicyclic) bond motifs is 1. The number of sulfonamides is 1. The maximum Gasteiger partial charge on any atom is 0.264 e. The smallest absolute Gasteiger partial charge is 0.264 e. The predicted molar refractivity (Wildman–Crippen MR) is 112 cm³/mol. The van der Waals surface area contributed by atoms with Crippen molar-refractivity contribution in [3.8, 4) is 17.1 Å². The van der Waals surface area contributed by atoms with Gasteiger partial charge in [0.1, 0.15) is 16.5 Å². The summed E-state index contributed by atoms with van der Waals surface area (Å²) >= 11 is 0. The van der Waals surface area contributed by atoms with Crippen LogP contribution in [-0.2, 0) is 10.0 Å². The van der Waals surface area contributed by atoms with Crippen LogP contribution in [0.3, 0.4) is 0 Å². The highest BCUT2D eigenvalue weighted by Gasteiger charge is 2.20. The molecule has 0 atom stereocenters. The molecule has 0 unspecified atom stereocenters. The summed E-state index contributed by atoms with van der Waals surface area (Å²) in [7, 11) is -4.30. The highest BCUT2D eigenvalue weighted by atomic mass is 32.2. The van der Waals surface area contributed by atoms with Crippen molar-refractivity contribution >= 4 is 26.6 Å². The van der Waals surface area contributed by atoms with Crippen molar-refractivity contribution in [2.45, 2.75) is 18.7 Å². The maximum absolute atomic E-state index is 13.9. The van der Waals surface area contributed by atoms with E-state index >= 15 is 0 Å². The summed E-state index contributed by atoms with van der Waals surface area (Å²) in [5.41, 5.74) is 3.01. The van der Waals surface area contributed by atoms with Gasteiger partial charge in [0.2, 0.25) is 5.88 Å². The van der Waals surface area contributed by atoms with Gasteiger partial charge in [0.25, 0.3) is 10.0 Å². The number of H-pyrrole nitrogens is 1. The van der Waals surface area contributed by atoms with Crippen molar-refractivity contribution in [3.05, 3.63) is 65.9 Å². The fourth-order valence-electron chi connectivity index (χ4n) is 3.14. The third-order valence-electron chi connectivity index (χ3n) is 4.58. The van der Waals surface area contributed by atoms with E-state index in [-0.39, 0.29) is 5.69 Å². The van der Waals surface area contributed by atoms with E-state index in [1.165, 1.54) is 12.1 Å². The van der Waals surface area contributed by atoms with E-state index in [1.54, 1.807) is 18.2 Å². The number of halogens is 2. The van der Waals surface area contributed by atoms with E-state index < -0.39 is 26.6 Å². The molecule has 0 spiro atoms. The Morgan fingerprint density at radius 2 is 1.84 bits per heavy atom. The quantitative estimate of drug-likeness (QED) is 0.459. The van der Waals surface area contributed by atoms with Gasteiger partial charge >= 0.3 is 0 Å². The van der Waals surface area contributed by atoms with Gasteiger partial charge in [-0.05, 0) is 50.2 Å². The molecule has 4 rings (SSSR count). The number of nitrogens with zero attached hydrogens (tertiary/aromatic N) is 2. The predicted octanol–water partition coefficient (Wildman–Crippen LogP) is 4.41. The van der Waals surface area contributed by atoms with Crippen LogP contribution in [0.4, 0.5) is 14.5 Å². The standard InChI is InChI=1S/C21H18F2N4O3S/c1-3-30-21-20-12(2)25-26-18(20)11-17(24-21)13-4-7-15(8-5-13)27-31(28,29)19-10-14(22)6-9-16(19)23/h4-11,27H,3H2,1-2H3,(H,25,26). The second-order valence-electron chi connectivity index (χ2n) is 6.75. The first kappa shape index (κ1) is 20.7. The fourth-order valence-corrected chi connectivity index (χ4v) is 4.29. The summed E-state index contributed by atoms with van der Waals surface area (Å²) in [6.07, 6.45) is 0. The molecule has 0 aliphatic carbocycles. The molecular weight excluding hydrogens is 426 g/mol. The Labute approximate surface area is 177 Å². The lowest BCUT2D eigenvalue weighted by Gasteiger charge is -2.10. The number of hydrogen-bond donors (Lipinski definition) is 2. The number of aryl methyl sites for hydroxylation is 1. The zero-order valence-electron chi connectivity index (χ0n) is 16.6. The zero-order chi connectivity index (χ0) is 22.2. The number of hydrogen-bond acceptors (Lipinski definition) is 5. The monoisotopic (exact) mass is 444 g/mol. The van der Waals surface area contributed by atoms with Gasteiger partial charge in [-0.2, -0.15) is 5.10 Å². The molecule has 2 aromatic heterocycles. The van der Waals surface area contributed by atoms with Gasteiger partial charge < -0.3 is 4.74 Å². The van der Waals surface area contributed by atoms with E-state index in [0.29, 0.717) is 35.3 Å². The van der Waals surface area contributed by atoms with Crippen molar-refractivity contribution < 1.29 is 21.9 Å². The molecule has 2 heterocycles. The second-order valence-corrected chi connectivity index (χ2v) is 8.40. The topological polar surface area (TPSA) is 97.0 Å². The molecule has 0 saturated heterocycles. The number of rotatable bonds is 6. The molecule has 0 bridgehead atoms. The molecule has 7 nitrogen and oxygen atoms in total. The third-order valence-corrected chi connectivity index (χ3v) is 5.98. The molecule has 31 heavy (non-hydrogen) atoms. The molecule has 10 heteroatoms. The van der Waals surface area contributed by atoms with Crippen LogP contribution in [0.2, 0.25) is 0 Å². The molecule has 0 aliphatic rings. The van der Waals surface area contributed by atoms with E-state index in [0.717, 1.165) is 23.2 Å². The van der Waals surface area contributed by atoms with Crippen LogP contribution < -0.4 is 9.46 Å². The number of ether oxygens (including phenoxy) is 1. The van der Waals surface area contributed by atoms with Gasteiger partial charge in [-0.3, -0.25) is 9.82 Å². The fraction of sp³-hybridized carbons (Fsp3) is 0.143. The van der Waals surface area contributed by atoms with Crippen molar-refractivity contribution in [1.29, 1.82) is 0 Å². The van der Waals surface area contributed by atoms with Crippen LogP contribution >= 0.6 is 0 Å². The molecule has 2 N–H and O–H groups in total. The number of anilines is 1. The summed E-state index contributed by atoms with van der Waals surface area (Å²) in [6, 6.07) is 10.4. The lowest BCUT2D eigenvalue weighted by Crippen LogP contribution is -2.14. The first-order chi connectivity index (χ1) is 14.8. The van der Waals surface area contributed by atoms with Crippen LogP contribution in [0, 0.1) is 18.6 Å². The molecular formula is C21H18F2N4O3S. The molecule has 0 radical (unpaired) electrons. The second kappa shape index (κ2) is 7.95. The average molecular weight is 444 g/mol. The Bertz CT molecular complexity index is 1370. The van der Waals surface area contributed by atoms with Gasteiger partial charge in [0.05, 0.1) is 23.2 Å². The van der Waals surface area contributed by atoms with E-state index in [1.807, 2.05) is 13.8 Å². The number of nitrogens with one attached hydrogen (secondary N) is 2. The van der Waals surface area contributed by atoms with Crippen molar-refractivity contribution in [3.63, 3.8) is 0 Å². The summed E-state index contributed by atoms with van der Waals surface area (Å²) in [4.78, 5) is 3.79. The number of aromatic nitrogens is 3. The Morgan fingerprint density at radius 1 is 1.10 bits per heavy atom. The van der Waals surface area contributed by atoms with Crippen LogP contribution in [-0.4, -0.2) is 30.2 Å². The van der Waals surface area contributed by atoms with Gasteiger partial charge in [-0.1, -0.05) is 12.1 Å². The van der Waals surface area contributed by atoms with E-state index in [9.17, 15) is 17.2 Å². The Hall–Kier alpha value is -3.53. The van der Waals surface area contributed by atoms with Crippen LogP contribution in [0.1, 0.15) is 12.6 Å². The average Bonchev–Trinajstić information content (AvgIpc) is 3.11. The number of benzene rings is 2. The molecule has 0 aliphatic heterocycles. The summed E-state index contributed by atoms with van der Waals surface area (Å²) < 4.78 is 60.0. The van der Waals surface area contributed by atoms with Gasteiger partial charge in [0.15, 0.2) is 0 Å². The minimum Gasteiger partial charge on any atom is -0.477 e. The first-order valence-corrected chi connectivity index (χ1v) is 10.8. The molecule has 0 amide bonds. The van der Waals surface area contributed by atoms with Gasteiger partial charge in [-0.25, -0.2) is 22.2 Å². The lowest BCUT2D eigenvalue weighted by molar-refractivity contribution is 0.331. The highest BCUT2D eigenvalue weighted by molar-refractivity contribution is 7.92. The third kappa shape index (κ3) is 4.06. The lowest BCUT2D eigenvalue weighted by atomic mass is 10.1. The minimum absolute atomic E-state index is 0.189. The highest BCUT2D eigenvalue weighted by Crippen LogP contribution is 2.31.